The van der Waals surface area contributed by atoms with Gasteiger partial charge in [0.1, 0.15) is 17.5 Å². The zero-order valence-electron chi connectivity index (χ0n) is 14.2. The van der Waals surface area contributed by atoms with Crippen molar-refractivity contribution in [1.29, 1.82) is 0 Å². The summed E-state index contributed by atoms with van der Waals surface area (Å²) in [5, 5.41) is 9.65. The summed E-state index contributed by atoms with van der Waals surface area (Å²) in [6.45, 7) is 1.92. The Morgan fingerprint density at radius 1 is 1.36 bits per heavy atom. The van der Waals surface area contributed by atoms with Gasteiger partial charge in [0, 0.05) is 12.5 Å². The smallest absolute Gasteiger partial charge is 0.252 e. The molecule has 2 aromatic rings. The molecule has 1 aromatic carbocycles. The normalized spacial score (nSPS) is 15.5. The van der Waals surface area contributed by atoms with Gasteiger partial charge in [-0.3, -0.25) is 14.9 Å². The molecule has 25 heavy (non-hydrogen) atoms. The fourth-order valence-corrected chi connectivity index (χ4v) is 2.58. The Morgan fingerprint density at radius 3 is 2.84 bits per heavy atom. The summed E-state index contributed by atoms with van der Waals surface area (Å²) in [6, 6.07) is 4.34. The average Bonchev–Trinajstić information content (AvgIpc) is 3.13. The number of ether oxygens (including phenoxy) is 2. The Bertz CT molecular complexity index is 817. The van der Waals surface area contributed by atoms with Crippen molar-refractivity contribution in [1.82, 2.24) is 14.8 Å². The van der Waals surface area contributed by atoms with Crippen molar-refractivity contribution in [2.45, 2.75) is 25.8 Å². The third-order valence-corrected chi connectivity index (χ3v) is 3.89. The second kappa shape index (κ2) is 6.80. The summed E-state index contributed by atoms with van der Waals surface area (Å²) in [5.74, 6) is 1.46. The van der Waals surface area contributed by atoms with Gasteiger partial charge >= 0.3 is 0 Å². The van der Waals surface area contributed by atoms with Gasteiger partial charge in [-0.15, -0.1) is 0 Å². The van der Waals surface area contributed by atoms with Gasteiger partial charge in [-0.25, -0.2) is 4.68 Å². The van der Waals surface area contributed by atoms with Gasteiger partial charge < -0.3 is 14.8 Å². The number of aromatic nitrogens is 3. The minimum Gasteiger partial charge on any atom is -0.497 e. The maximum absolute atomic E-state index is 12.4. The average molecular weight is 345 g/mol. The number of nitrogens with zero attached hydrogens (tertiary/aromatic N) is 3. The van der Waals surface area contributed by atoms with Crippen molar-refractivity contribution in [2.75, 3.05) is 24.9 Å². The predicted molar refractivity (Wildman–Crippen MR) is 89.9 cm³/mol. The number of nitrogens with one attached hydrogen (secondary N) is 2. The van der Waals surface area contributed by atoms with E-state index in [9.17, 15) is 9.59 Å². The van der Waals surface area contributed by atoms with Crippen molar-refractivity contribution in [3.63, 3.8) is 0 Å². The van der Waals surface area contributed by atoms with Gasteiger partial charge in [-0.1, -0.05) is 6.92 Å². The van der Waals surface area contributed by atoms with Crippen molar-refractivity contribution in [2.24, 2.45) is 0 Å². The van der Waals surface area contributed by atoms with Crippen LogP contribution < -0.4 is 20.1 Å². The Hall–Kier alpha value is -3.10. The van der Waals surface area contributed by atoms with E-state index in [2.05, 4.69) is 20.7 Å². The number of anilines is 2. The predicted octanol–water partition coefficient (Wildman–Crippen LogP) is 1.38. The number of methoxy groups -OCH3 is 2. The SMILES string of the molecule is CCc1nc2n(n1)[C@@H](CC(=O)Nc1ccc(OC)cc1OC)C(=O)N2. The van der Waals surface area contributed by atoms with Crippen LogP contribution in [0.25, 0.3) is 0 Å². The first kappa shape index (κ1) is 16.7. The number of hydrogen-bond donors (Lipinski definition) is 2. The highest BCUT2D eigenvalue weighted by atomic mass is 16.5. The lowest BCUT2D eigenvalue weighted by atomic mass is 10.2. The Labute approximate surface area is 144 Å². The second-order valence-corrected chi connectivity index (χ2v) is 5.47. The van der Waals surface area contributed by atoms with Crippen molar-refractivity contribution in [3.8, 4) is 11.5 Å². The summed E-state index contributed by atoms with van der Waals surface area (Å²) >= 11 is 0. The van der Waals surface area contributed by atoms with E-state index < -0.39 is 6.04 Å². The summed E-state index contributed by atoms with van der Waals surface area (Å²) < 4.78 is 11.8. The third-order valence-electron chi connectivity index (χ3n) is 3.89. The molecule has 1 aliphatic rings. The molecule has 2 heterocycles. The first-order valence-corrected chi connectivity index (χ1v) is 7.83. The minimum atomic E-state index is -0.716. The largest absolute Gasteiger partial charge is 0.497 e. The molecule has 1 aromatic heterocycles. The van der Waals surface area contributed by atoms with Gasteiger partial charge in [-0.2, -0.15) is 10.1 Å². The lowest BCUT2D eigenvalue weighted by molar-refractivity contribution is -0.123. The molecule has 9 nitrogen and oxygen atoms in total. The van der Waals surface area contributed by atoms with E-state index in [1.54, 1.807) is 25.3 Å². The van der Waals surface area contributed by atoms with Crippen LogP contribution in [-0.2, 0) is 16.0 Å². The molecular weight excluding hydrogens is 326 g/mol. The molecule has 0 aliphatic carbocycles. The fourth-order valence-electron chi connectivity index (χ4n) is 2.58. The monoisotopic (exact) mass is 345 g/mol. The topological polar surface area (TPSA) is 107 Å². The number of aryl methyl sites for hydroxylation is 1. The zero-order valence-corrected chi connectivity index (χ0v) is 14.2. The molecule has 2 amide bonds. The van der Waals surface area contributed by atoms with Gasteiger partial charge in [0.15, 0.2) is 5.82 Å². The highest BCUT2D eigenvalue weighted by Gasteiger charge is 2.34. The standard InChI is InChI=1S/C16H19N5O4/c1-4-13-18-16-19-15(23)11(21(16)20-13)8-14(22)17-10-6-5-9(24-2)7-12(10)25-3/h5-7,11H,4,8H2,1-3H3,(H,17,22)(H,18,19,20,23)/t11-/m0/s1. The van der Waals surface area contributed by atoms with E-state index in [-0.39, 0.29) is 18.2 Å². The van der Waals surface area contributed by atoms with Crippen LogP contribution in [0.2, 0.25) is 0 Å². The highest BCUT2D eigenvalue weighted by Crippen LogP contribution is 2.30. The van der Waals surface area contributed by atoms with E-state index in [0.29, 0.717) is 35.4 Å². The van der Waals surface area contributed by atoms with Crippen molar-refractivity contribution in [3.05, 3.63) is 24.0 Å². The van der Waals surface area contributed by atoms with Crippen LogP contribution in [0.4, 0.5) is 11.6 Å². The summed E-state index contributed by atoms with van der Waals surface area (Å²) in [4.78, 5) is 28.6. The molecule has 0 bridgehead atoms. The van der Waals surface area contributed by atoms with Gasteiger partial charge in [-0.05, 0) is 12.1 Å². The molecule has 132 valence electrons. The van der Waals surface area contributed by atoms with E-state index in [4.69, 9.17) is 9.47 Å². The molecular formula is C16H19N5O4. The van der Waals surface area contributed by atoms with Crippen LogP contribution in [0.1, 0.15) is 25.2 Å². The lowest BCUT2D eigenvalue weighted by Crippen LogP contribution is -2.24. The molecule has 1 atom stereocenters. The maximum atomic E-state index is 12.4. The Kier molecular flexibility index (Phi) is 4.55. The lowest BCUT2D eigenvalue weighted by Gasteiger charge is -2.13. The number of fused-ring (bicyclic) bond motifs is 1. The molecule has 1 aliphatic heterocycles. The van der Waals surface area contributed by atoms with E-state index in [0.717, 1.165) is 0 Å². The molecule has 3 rings (SSSR count). The Balaban J connectivity index is 1.73. The number of amides is 2. The number of rotatable bonds is 6. The van der Waals surface area contributed by atoms with Crippen LogP contribution in [0, 0.1) is 0 Å². The van der Waals surface area contributed by atoms with Crippen LogP contribution in [0.5, 0.6) is 11.5 Å². The first-order chi connectivity index (χ1) is 12.0. The molecule has 0 unspecified atom stereocenters. The number of hydrogen-bond acceptors (Lipinski definition) is 6. The second-order valence-electron chi connectivity index (χ2n) is 5.47. The van der Waals surface area contributed by atoms with Crippen molar-refractivity contribution >= 4 is 23.5 Å². The summed E-state index contributed by atoms with van der Waals surface area (Å²) in [5.41, 5.74) is 0.500. The number of carbonyl (C=O) groups is 2. The van der Waals surface area contributed by atoms with E-state index in [1.807, 2.05) is 6.92 Å². The molecule has 2 N–H and O–H groups in total. The molecule has 0 radical (unpaired) electrons. The van der Waals surface area contributed by atoms with Crippen LogP contribution in [-0.4, -0.2) is 40.8 Å². The molecule has 0 saturated heterocycles. The van der Waals surface area contributed by atoms with Crippen LogP contribution >= 0.6 is 0 Å². The molecule has 0 saturated carbocycles. The van der Waals surface area contributed by atoms with Gasteiger partial charge in [0.2, 0.25) is 11.9 Å². The summed E-state index contributed by atoms with van der Waals surface area (Å²) in [6.07, 6.45) is 0.596. The summed E-state index contributed by atoms with van der Waals surface area (Å²) in [7, 11) is 3.05. The fraction of sp³-hybridized carbons (Fsp3) is 0.375. The van der Waals surface area contributed by atoms with Crippen LogP contribution in [0.15, 0.2) is 18.2 Å². The van der Waals surface area contributed by atoms with Crippen LogP contribution in [0.3, 0.4) is 0 Å². The molecule has 0 spiro atoms. The molecule has 9 heteroatoms. The van der Waals surface area contributed by atoms with Gasteiger partial charge in [0.05, 0.1) is 26.3 Å². The minimum absolute atomic E-state index is 0.0550. The Morgan fingerprint density at radius 2 is 2.16 bits per heavy atom. The van der Waals surface area contributed by atoms with Gasteiger partial charge in [0.25, 0.3) is 5.91 Å². The van der Waals surface area contributed by atoms with E-state index >= 15 is 0 Å². The highest BCUT2D eigenvalue weighted by molar-refractivity contribution is 6.01. The first-order valence-electron chi connectivity index (χ1n) is 7.83. The van der Waals surface area contributed by atoms with Crippen molar-refractivity contribution < 1.29 is 19.1 Å². The third kappa shape index (κ3) is 3.25. The zero-order chi connectivity index (χ0) is 18.0. The van der Waals surface area contributed by atoms with E-state index in [1.165, 1.54) is 11.8 Å². The number of benzene rings is 1. The quantitative estimate of drug-likeness (QED) is 0.819. The number of carbonyl (C=O) groups excluding carboxylic acids is 2. The molecule has 0 fully saturated rings. The maximum Gasteiger partial charge on any atom is 0.252 e.